The zero-order valence-corrected chi connectivity index (χ0v) is 16.3. The lowest BCUT2D eigenvalue weighted by atomic mass is 9.91. The van der Waals surface area contributed by atoms with Crippen molar-refractivity contribution in [2.24, 2.45) is 0 Å². The molecule has 3 heteroatoms. The predicted molar refractivity (Wildman–Crippen MR) is 121 cm³/mol. The number of benzene rings is 4. The lowest BCUT2D eigenvalue weighted by molar-refractivity contribution is 1.13. The molecule has 138 valence electrons. The van der Waals surface area contributed by atoms with E-state index in [0.717, 1.165) is 38.4 Å². The molecular formula is C26H19N3. The molecule has 0 aliphatic carbocycles. The Morgan fingerprint density at radius 2 is 1.17 bits per heavy atom. The summed E-state index contributed by atoms with van der Waals surface area (Å²) in [7, 11) is 4.04. The van der Waals surface area contributed by atoms with Gasteiger partial charge in [0.05, 0.1) is 11.1 Å². The molecule has 0 atom stereocenters. The van der Waals surface area contributed by atoms with Crippen LogP contribution >= 0.6 is 0 Å². The Hall–Kier alpha value is -4.08. The number of fused-ring (bicyclic) bond motifs is 2. The summed E-state index contributed by atoms with van der Waals surface area (Å²) in [5, 5.41) is 22.8. The van der Waals surface area contributed by atoms with E-state index in [9.17, 15) is 10.5 Å². The van der Waals surface area contributed by atoms with Crippen LogP contribution < -0.4 is 4.90 Å². The predicted octanol–water partition coefficient (Wildman–Crippen LogP) is 5.97. The molecule has 0 aliphatic rings. The lowest BCUT2D eigenvalue weighted by Gasteiger charge is -2.11. The largest absolute Gasteiger partial charge is 0.378 e. The second-order valence-electron chi connectivity index (χ2n) is 7.14. The average molecular weight is 373 g/mol. The minimum Gasteiger partial charge on any atom is -0.378 e. The maximum atomic E-state index is 9.81. The van der Waals surface area contributed by atoms with Gasteiger partial charge in [0, 0.05) is 41.3 Å². The van der Waals surface area contributed by atoms with Crippen LogP contribution in [0.3, 0.4) is 0 Å². The highest BCUT2D eigenvalue weighted by Crippen LogP contribution is 2.33. The normalized spacial score (nSPS) is 10.9. The van der Waals surface area contributed by atoms with Gasteiger partial charge in [-0.05, 0) is 29.3 Å². The molecule has 0 spiro atoms. The first kappa shape index (κ1) is 18.3. The van der Waals surface area contributed by atoms with Crippen molar-refractivity contribution in [1.82, 2.24) is 0 Å². The van der Waals surface area contributed by atoms with Crippen molar-refractivity contribution in [1.29, 1.82) is 10.5 Å². The fourth-order valence-corrected chi connectivity index (χ4v) is 3.62. The van der Waals surface area contributed by atoms with Gasteiger partial charge in [-0.1, -0.05) is 60.7 Å². The molecule has 0 fully saturated rings. The van der Waals surface area contributed by atoms with Gasteiger partial charge in [-0.3, -0.25) is 0 Å². The summed E-state index contributed by atoms with van der Waals surface area (Å²) in [4.78, 5) is 2.07. The van der Waals surface area contributed by atoms with Gasteiger partial charge in [-0.2, -0.15) is 10.5 Å². The summed E-state index contributed by atoms with van der Waals surface area (Å²) in [5.74, 6) is 0. The van der Waals surface area contributed by atoms with Crippen LogP contribution in [0.15, 0.2) is 66.7 Å². The first-order chi connectivity index (χ1) is 14.1. The van der Waals surface area contributed by atoms with E-state index in [4.69, 9.17) is 0 Å². The molecule has 0 unspecified atom stereocenters. The summed E-state index contributed by atoms with van der Waals surface area (Å²) in [6.45, 7) is 0. The Labute approximate surface area is 170 Å². The Balaban J connectivity index is 1.83. The Kier molecular flexibility index (Phi) is 4.73. The van der Waals surface area contributed by atoms with Crippen LogP contribution in [0.2, 0.25) is 0 Å². The number of rotatable bonds is 3. The Bertz CT molecular complexity index is 1330. The molecule has 0 heterocycles. The number of anilines is 1. The summed E-state index contributed by atoms with van der Waals surface area (Å²) in [6.07, 6.45) is 4.09. The van der Waals surface area contributed by atoms with Crippen molar-refractivity contribution >= 4 is 39.4 Å². The van der Waals surface area contributed by atoms with E-state index >= 15 is 0 Å². The van der Waals surface area contributed by atoms with Crippen molar-refractivity contribution in [3.8, 4) is 12.1 Å². The van der Waals surface area contributed by atoms with Gasteiger partial charge >= 0.3 is 0 Å². The van der Waals surface area contributed by atoms with Gasteiger partial charge in [-0.15, -0.1) is 0 Å². The van der Waals surface area contributed by atoms with Gasteiger partial charge in [-0.25, -0.2) is 0 Å². The van der Waals surface area contributed by atoms with E-state index in [2.05, 4.69) is 47.4 Å². The second kappa shape index (κ2) is 7.50. The van der Waals surface area contributed by atoms with E-state index in [1.54, 1.807) is 0 Å². The van der Waals surface area contributed by atoms with Gasteiger partial charge < -0.3 is 4.90 Å². The van der Waals surface area contributed by atoms with Crippen LogP contribution in [0.25, 0.3) is 33.7 Å². The number of nitrogens with zero attached hydrogens (tertiary/aromatic N) is 3. The molecule has 4 aromatic rings. The van der Waals surface area contributed by atoms with Gasteiger partial charge in [0.2, 0.25) is 0 Å². The van der Waals surface area contributed by atoms with Crippen LogP contribution in [-0.4, -0.2) is 14.1 Å². The topological polar surface area (TPSA) is 50.8 Å². The quantitative estimate of drug-likeness (QED) is 0.328. The second-order valence-corrected chi connectivity index (χ2v) is 7.14. The van der Waals surface area contributed by atoms with Crippen molar-refractivity contribution in [2.45, 2.75) is 0 Å². The van der Waals surface area contributed by atoms with E-state index in [0.29, 0.717) is 11.1 Å². The summed E-state index contributed by atoms with van der Waals surface area (Å²) in [6, 6.07) is 26.5. The Morgan fingerprint density at radius 3 is 1.76 bits per heavy atom. The third-order valence-corrected chi connectivity index (χ3v) is 5.15. The van der Waals surface area contributed by atoms with Crippen LogP contribution in [-0.2, 0) is 0 Å². The molecule has 0 aliphatic heterocycles. The van der Waals surface area contributed by atoms with Crippen molar-refractivity contribution in [3.63, 3.8) is 0 Å². The summed E-state index contributed by atoms with van der Waals surface area (Å²) >= 11 is 0. The summed E-state index contributed by atoms with van der Waals surface area (Å²) in [5.41, 5.74) is 4.48. The molecule has 3 nitrogen and oxygen atoms in total. The molecule has 29 heavy (non-hydrogen) atoms. The zero-order valence-electron chi connectivity index (χ0n) is 16.3. The maximum Gasteiger partial charge on any atom is 0.100 e. The molecule has 0 aromatic heterocycles. The van der Waals surface area contributed by atoms with E-state index in [1.807, 2.05) is 62.6 Å². The highest BCUT2D eigenvalue weighted by Gasteiger charge is 2.13. The SMILES string of the molecule is CN(C)c1ccc(C=Cc2ccc3c(C#N)c4ccccc4c(C#N)c3c2)cc1. The highest BCUT2D eigenvalue weighted by atomic mass is 15.1. The number of nitriles is 2. The van der Waals surface area contributed by atoms with Crippen LogP contribution in [0.4, 0.5) is 5.69 Å². The first-order valence-corrected chi connectivity index (χ1v) is 9.36. The molecule has 0 saturated carbocycles. The van der Waals surface area contributed by atoms with Crippen LogP contribution in [0, 0.1) is 22.7 Å². The smallest absolute Gasteiger partial charge is 0.100 e. The summed E-state index contributed by atoms with van der Waals surface area (Å²) < 4.78 is 0. The molecule has 4 rings (SSSR count). The molecule has 0 radical (unpaired) electrons. The number of hydrogen-bond acceptors (Lipinski definition) is 3. The average Bonchev–Trinajstić information content (AvgIpc) is 2.76. The minimum absolute atomic E-state index is 0.611. The third-order valence-electron chi connectivity index (χ3n) is 5.15. The molecular weight excluding hydrogens is 354 g/mol. The highest BCUT2D eigenvalue weighted by molar-refractivity contribution is 6.09. The van der Waals surface area contributed by atoms with Crippen LogP contribution in [0.5, 0.6) is 0 Å². The Morgan fingerprint density at radius 1 is 0.655 bits per heavy atom. The molecule has 4 aromatic carbocycles. The molecule has 0 bridgehead atoms. The maximum absolute atomic E-state index is 9.81. The third kappa shape index (κ3) is 3.31. The van der Waals surface area contributed by atoms with E-state index in [1.165, 1.54) is 0 Å². The van der Waals surface area contributed by atoms with Gasteiger partial charge in [0.25, 0.3) is 0 Å². The van der Waals surface area contributed by atoms with E-state index < -0.39 is 0 Å². The van der Waals surface area contributed by atoms with Crippen molar-refractivity contribution in [2.75, 3.05) is 19.0 Å². The fraction of sp³-hybridized carbons (Fsp3) is 0.0769. The van der Waals surface area contributed by atoms with Gasteiger partial charge in [0.1, 0.15) is 12.1 Å². The molecule has 0 N–H and O–H groups in total. The molecule has 0 saturated heterocycles. The molecule has 0 amide bonds. The van der Waals surface area contributed by atoms with Crippen molar-refractivity contribution < 1.29 is 0 Å². The minimum atomic E-state index is 0.611. The van der Waals surface area contributed by atoms with Crippen LogP contribution in [0.1, 0.15) is 22.3 Å². The standard InChI is InChI=1S/C26H19N3/c1-29(2)20-12-9-18(10-13-20)7-8-19-11-14-23-24(15-19)26(17-28)22-6-4-3-5-21(22)25(23)16-27/h3-15H,1-2H3. The number of hydrogen-bond donors (Lipinski definition) is 0. The van der Waals surface area contributed by atoms with Gasteiger partial charge in [0.15, 0.2) is 0 Å². The lowest BCUT2D eigenvalue weighted by Crippen LogP contribution is -2.07. The first-order valence-electron chi connectivity index (χ1n) is 9.36. The van der Waals surface area contributed by atoms with Crippen molar-refractivity contribution in [3.05, 3.63) is 89.0 Å². The monoisotopic (exact) mass is 373 g/mol. The zero-order chi connectivity index (χ0) is 20.4. The fourth-order valence-electron chi connectivity index (χ4n) is 3.62. The van der Waals surface area contributed by atoms with E-state index in [-0.39, 0.29) is 0 Å².